The number of hydrogen-bond donors (Lipinski definition) is 7. The fourth-order valence-electron chi connectivity index (χ4n) is 3.58. The molecule has 8 N–H and O–H groups in total. The first-order valence-electron chi connectivity index (χ1n) is 12.4. The fourth-order valence-corrected chi connectivity index (χ4v) is 3.58. The molecule has 0 bridgehead atoms. The second kappa shape index (κ2) is 16.2. The first-order valence-corrected chi connectivity index (χ1v) is 12.4. The summed E-state index contributed by atoms with van der Waals surface area (Å²) in [6, 6.07) is -3.58. The lowest BCUT2D eigenvalue weighted by molar-refractivity contribution is -0.266. The third kappa shape index (κ3) is 10.5. The van der Waals surface area contributed by atoms with Crippen LogP contribution in [0.15, 0.2) is 0 Å². The molecule has 8 atom stereocenters. The summed E-state index contributed by atoms with van der Waals surface area (Å²) >= 11 is 0. The van der Waals surface area contributed by atoms with Crippen LogP contribution >= 0.6 is 0 Å². The second-order valence-corrected chi connectivity index (χ2v) is 9.02. The molecule has 38 heavy (non-hydrogen) atoms. The predicted octanol–water partition coefficient (Wildman–Crippen LogP) is -3.07. The van der Waals surface area contributed by atoms with E-state index in [2.05, 4.69) is 16.0 Å². The summed E-state index contributed by atoms with van der Waals surface area (Å²) < 4.78 is 15.8. The SMILES string of the molecule is CCCCOC(=O)[C@@H](CCC(N)=O)NC(=O)[C@H](C)NC(=O)[C@@H](C)OC1C(NC(C)=O)[C@@H](O)OC(CO)[C@H]1O. The minimum Gasteiger partial charge on any atom is -0.464 e. The van der Waals surface area contributed by atoms with Gasteiger partial charge in [0.15, 0.2) is 6.29 Å². The Bertz CT molecular complexity index is 827. The molecule has 0 spiro atoms. The van der Waals surface area contributed by atoms with E-state index in [4.69, 9.17) is 19.9 Å². The Labute approximate surface area is 220 Å². The van der Waals surface area contributed by atoms with Gasteiger partial charge in [-0.3, -0.25) is 19.2 Å². The number of carbonyl (C=O) groups excluding carboxylic acids is 5. The van der Waals surface area contributed by atoms with Gasteiger partial charge >= 0.3 is 5.97 Å². The van der Waals surface area contributed by atoms with Crippen molar-refractivity contribution in [3.63, 3.8) is 0 Å². The van der Waals surface area contributed by atoms with Gasteiger partial charge in [0.05, 0.1) is 13.2 Å². The lowest BCUT2D eigenvalue weighted by Gasteiger charge is -2.43. The molecule has 1 rings (SSSR count). The Morgan fingerprint density at radius 3 is 2.29 bits per heavy atom. The maximum atomic E-state index is 12.7. The molecule has 1 saturated heterocycles. The normalized spacial score (nSPS) is 25.4. The molecule has 3 unspecified atom stereocenters. The number of nitrogens with two attached hydrogens (primary N) is 1. The van der Waals surface area contributed by atoms with Crippen LogP contribution in [0.1, 0.15) is 53.4 Å². The second-order valence-electron chi connectivity index (χ2n) is 9.02. The number of nitrogens with one attached hydrogen (secondary N) is 3. The molecule has 1 fully saturated rings. The Hall–Kier alpha value is -2.85. The van der Waals surface area contributed by atoms with Crippen molar-refractivity contribution in [3.05, 3.63) is 0 Å². The predicted molar refractivity (Wildman–Crippen MR) is 130 cm³/mol. The highest BCUT2D eigenvalue weighted by atomic mass is 16.6. The molecule has 0 aliphatic carbocycles. The van der Waals surface area contributed by atoms with E-state index in [1.165, 1.54) is 20.8 Å². The molecule has 1 aliphatic heterocycles. The first kappa shape index (κ1) is 33.2. The van der Waals surface area contributed by atoms with Crippen LogP contribution in [-0.2, 0) is 38.2 Å². The van der Waals surface area contributed by atoms with Gasteiger partial charge in [0.25, 0.3) is 0 Å². The molecule has 0 radical (unpaired) electrons. The molecule has 15 heteroatoms. The van der Waals surface area contributed by atoms with Gasteiger partial charge < -0.3 is 51.2 Å². The van der Waals surface area contributed by atoms with E-state index in [-0.39, 0.29) is 19.4 Å². The van der Waals surface area contributed by atoms with Gasteiger partial charge in [0.2, 0.25) is 23.6 Å². The van der Waals surface area contributed by atoms with E-state index in [0.29, 0.717) is 6.42 Å². The van der Waals surface area contributed by atoms with Gasteiger partial charge in [0.1, 0.15) is 42.5 Å². The van der Waals surface area contributed by atoms with Crippen LogP contribution < -0.4 is 21.7 Å². The summed E-state index contributed by atoms with van der Waals surface area (Å²) in [5.74, 6) is -3.51. The van der Waals surface area contributed by atoms with Gasteiger partial charge in [-0.15, -0.1) is 0 Å². The Balaban J connectivity index is 2.83. The van der Waals surface area contributed by atoms with E-state index in [1.807, 2.05) is 6.92 Å². The van der Waals surface area contributed by atoms with Crippen LogP contribution in [0.3, 0.4) is 0 Å². The Kier molecular flexibility index (Phi) is 14.1. The van der Waals surface area contributed by atoms with Gasteiger partial charge in [-0.2, -0.15) is 0 Å². The maximum Gasteiger partial charge on any atom is 0.328 e. The molecule has 0 aromatic rings. The number of ether oxygens (including phenoxy) is 3. The van der Waals surface area contributed by atoms with Crippen molar-refractivity contribution in [1.29, 1.82) is 0 Å². The standard InChI is InChI=1S/C23H40N4O11/c1-5-6-9-36-22(34)14(7-8-16(24)30)27-20(32)11(2)25-21(33)12(3)37-19-17(26-13(4)29)23(35)38-15(10-28)18(19)31/h11-12,14-15,17-19,23,28,31,35H,5-10H2,1-4H3,(H2,24,30)(H,25,33)(H,26,29)(H,27,32)/t11-,12+,14+,15?,17?,18+,19?,23-/m0/s1. The Morgan fingerprint density at radius 2 is 1.74 bits per heavy atom. The maximum absolute atomic E-state index is 12.7. The molecule has 0 aromatic heterocycles. The number of primary amides is 1. The third-order valence-corrected chi connectivity index (χ3v) is 5.75. The average Bonchev–Trinajstić information content (AvgIpc) is 2.85. The largest absolute Gasteiger partial charge is 0.464 e. The number of carbonyl (C=O) groups is 5. The molecular weight excluding hydrogens is 508 g/mol. The number of aliphatic hydroxyl groups is 3. The fraction of sp³-hybridized carbons (Fsp3) is 0.783. The summed E-state index contributed by atoms with van der Waals surface area (Å²) in [5, 5.41) is 37.3. The topological polar surface area (TPSA) is 236 Å². The highest BCUT2D eigenvalue weighted by molar-refractivity contribution is 5.91. The summed E-state index contributed by atoms with van der Waals surface area (Å²) in [6.07, 6.45) is -5.90. The van der Waals surface area contributed by atoms with Crippen LogP contribution in [-0.4, -0.2) is 107 Å². The van der Waals surface area contributed by atoms with E-state index in [0.717, 1.165) is 6.42 Å². The first-order chi connectivity index (χ1) is 17.8. The molecule has 1 heterocycles. The van der Waals surface area contributed by atoms with Gasteiger partial charge in [-0.25, -0.2) is 4.79 Å². The summed E-state index contributed by atoms with van der Waals surface area (Å²) in [4.78, 5) is 60.5. The average molecular weight is 549 g/mol. The molecule has 218 valence electrons. The van der Waals surface area contributed by atoms with Crippen molar-refractivity contribution in [3.8, 4) is 0 Å². The van der Waals surface area contributed by atoms with Gasteiger partial charge in [-0.05, 0) is 26.7 Å². The number of aliphatic hydroxyl groups excluding tert-OH is 3. The zero-order valence-corrected chi connectivity index (χ0v) is 22.0. The number of hydrogen-bond acceptors (Lipinski definition) is 11. The number of esters is 1. The minimum absolute atomic E-state index is 0.0905. The van der Waals surface area contributed by atoms with Crippen LogP contribution in [0.4, 0.5) is 0 Å². The van der Waals surface area contributed by atoms with E-state index >= 15 is 0 Å². The number of amides is 4. The van der Waals surface area contributed by atoms with Crippen LogP contribution in [0, 0.1) is 0 Å². The molecule has 0 aromatic carbocycles. The molecule has 0 saturated carbocycles. The van der Waals surface area contributed by atoms with E-state index in [9.17, 15) is 39.3 Å². The lowest BCUT2D eigenvalue weighted by atomic mass is 9.96. The van der Waals surface area contributed by atoms with Crippen molar-refractivity contribution < 1.29 is 53.5 Å². The van der Waals surface area contributed by atoms with E-state index < -0.39 is 85.0 Å². The van der Waals surface area contributed by atoms with Crippen LogP contribution in [0.25, 0.3) is 0 Å². The van der Waals surface area contributed by atoms with Crippen LogP contribution in [0.2, 0.25) is 0 Å². The zero-order valence-electron chi connectivity index (χ0n) is 22.0. The van der Waals surface area contributed by atoms with Crippen molar-refractivity contribution in [2.45, 2.75) is 102 Å². The molecule has 15 nitrogen and oxygen atoms in total. The quantitative estimate of drug-likeness (QED) is 0.0801. The number of rotatable bonds is 15. The monoisotopic (exact) mass is 548 g/mol. The van der Waals surface area contributed by atoms with Crippen molar-refractivity contribution in [2.24, 2.45) is 5.73 Å². The van der Waals surface area contributed by atoms with E-state index in [1.54, 1.807) is 0 Å². The zero-order chi connectivity index (χ0) is 29.0. The molecule has 4 amide bonds. The third-order valence-electron chi connectivity index (χ3n) is 5.75. The molecular formula is C23H40N4O11. The highest BCUT2D eigenvalue weighted by Crippen LogP contribution is 2.23. The van der Waals surface area contributed by atoms with Crippen LogP contribution in [0.5, 0.6) is 0 Å². The summed E-state index contributed by atoms with van der Waals surface area (Å²) in [5.41, 5.74) is 5.15. The van der Waals surface area contributed by atoms with Gasteiger partial charge in [-0.1, -0.05) is 13.3 Å². The van der Waals surface area contributed by atoms with Crippen molar-refractivity contribution in [1.82, 2.24) is 16.0 Å². The Morgan fingerprint density at radius 1 is 1.08 bits per heavy atom. The summed E-state index contributed by atoms with van der Waals surface area (Å²) in [7, 11) is 0. The number of unbranched alkanes of at least 4 members (excludes halogenated alkanes) is 1. The van der Waals surface area contributed by atoms with Crippen molar-refractivity contribution >= 4 is 29.6 Å². The highest BCUT2D eigenvalue weighted by Gasteiger charge is 2.47. The summed E-state index contributed by atoms with van der Waals surface area (Å²) in [6.45, 7) is 5.21. The molecule has 1 aliphatic rings. The van der Waals surface area contributed by atoms with Crippen molar-refractivity contribution in [2.75, 3.05) is 13.2 Å². The minimum atomic E-state index is -1.64. The van der Waals surface area contributed by atoms with Gasteiger partial charge in [0, 0.05) is 13.3 Å². The smallest absolute Gasteiger partial charge is 0.328 e. The lowest BCUT2D eigenvalue weighted by Crippen LogP contribution is -2.65.